The average molecular weight is 407 g/mol. The lowest BCUT2D eigenvalue weighted by Gasteiger charge is -2.18. The second-order valence-corrected chi connectivity index (χ2v) is 8.98. The van der Waals surface area contributed by atoms with Crippen LogP contribution in [0.2, 0.25) is 0 Å². The van der Waals surface area contributed by atoms with Gasteiger partial charge in [0.2, 0.25) is 11.8 Å². The van der Waals surface area contributed by atoms with Gasteiger partial charge in [0.1, 0.15) is 12.1 Å². The third-order valence-corrected chi connectivity index (χ3v) is 6.95. The monoisotopic (exact) mass is 406 g/mol. The number of carbonyl (C=O) groups is 4. The van der Waals surface area contributed by atoms with Crippen LogP contribution >= 0.6 is 21.6 Å². The molecule has 0 aromatic heterocycles. The zero-order valence-corrected chi connectivity index (χ0v) is 16.4. The maximum Gasteiger partial charge on any atom is 0.326 e. The first kappa shape index (κ1) is 22.6. The lowest BCUT2D eigenvalue weighted by molar-refractivity contribution is -0.143. The highest BCUT2D eigenvalue weighted by Gasteiger charge is 2.24. The number of carboxylic acid groups (broad SMARTS) is 2. The van der Waals surface area contributed by atoms with Gasteiger partial charge >= 0.3 is 11.9 Å². The smallest absolute Gasteiger partial charge is 0.326 e. The van der Waals surface area contributed by atoms with E-state index in [9.17, 15) is 19.2 Å². The van der Waals surface area contributed by atoms with E-state index in [0.29, 0.717) is 11.7 Å². The minimum absolute atomic E-state index is 0.214. The summed E-state index contributed by atoms with van der Waals surface area (Å²) in [5, 5.41) is 23.1. The molecule has 26 heavy (non-hydrogen) atoms. The van der Waals surface area contributed by atoms with Gasteiger partial charge in [-0.1, -0.05) is 28.0 Å². The number of hydrogen-bond donors (Lipinski definition) is 4. The molecule has 3 atom stereocenters. The summed E-state index contributed by atoms with van der Waals surface area (Å²) in [4.78, 5) is 45.5. The number of unbranched alkanes of at least 4 members (excludes halogenated alkanes) is 1. The van der Waals surface area contributed by atoms with Crippen LogP contribution in [-0.4, -0.2) is 57.1 Å². The summed E-state index contributed by atoms with van der Waals surface area (Å²) in [5.74, 6) is -2.15. The lowest BCUT2D eigenvalue weighted by Crippen LogP contribution is -2.50. The number of aliphatic carboxylic acids is 2. The van der Waals surface area contributed by atoms with Crippen LogP contribution in [0.3, 0.4) is 0 Å². The third-order valence-electron chi connectivity index (χ3n) is 3.94. The van der Waals surface area contributed by atoms with Crippen LogP contribution in [0.5, 0.6) is 0 Å². The largest absolute Gasteiger partial charge is 0.481 e. The van der Waals surface area contributed by atoms with Gasteiger partial charge in [0.05, 0.1) is 0 Å². The van der Waals surface area contributed by atoms with Crippen molar-refractivity contribution in [2.24, 2.45) is 0 Å². The van der Waals surface area contributed by atoms with Gasteiger partial charge in [-0.05, 0) is 32.6 Å². The van der Waals surface area contributed by atoms with Gasteiger partial charge in [0.15, 0.2) is 0 Å². The fourth-order valence-electron chi connectivity index (χ4n) is 2.42. The van der Waals surface area contributed by atoms with Gasteiger partial charge in [-0.15, -0.1) is 0 Å². The van der Waals surface area contributed by atoms with E-state index in [0.717, 1.165) is 19.3 Å². The van der Waals surface area contributed by atoms with E-state index in [1.807, 2.05) is 21.6 Å². The molecular weight excluding hydrogens is 380 g/mol. The molecule has 0 saturated carbocycles. The van der Waals surface area contributed by atoms with E-state index < -0.39 is 29.9 Å². The lowest BCUT2D eigenvalue weighted by atomic mass is 10.1. The van der Waals surface area contributed by atoms with E-state index >= 15 is 0 Å². The van der Waals surface area contributed by atoms with E-state index in [4.69, 9.17) is 10.2 Å². The minimum Gasteiger partial charge on any atom is -0.481 e. The van der Waals surface area contributed by atoms with Crippen molar-refractivity contribution in [1.29, 1.82) is 0 Å². The molecule has 0 bridgehead atoms. The normalized spacial score (nSPS) is 18.7. The standard InChI is InChI=1S/C16H26N2O6S2/c1-10(15(22)18-12(16(23)24)6-7-14(20)21)17-13(19)5-3-2-4-11-8-9-25-26-11/h10-12H,2-9H2,1H3,(H,17,19)(H,18,22)(H,20,21)(H,23,24)/t10-,11+,12-/m0/s1. The third kappa shape index (κ3) is 9.33. The average Bonchev–Trinajstić information content (AvgIpc) is 3.08. The Morgan fingerprint density at radius 3 is 2.42 bits per heavy atom. The molecule has 0 spiro atoms. The number of carboxylic acids is 2. The maximum atomic E-state index is 12.0. The minimum atomic E-state index is -1.30. The molecule has 1 rings (SSSR count). The zero-order valence-electron chi connectivity index (χ0n) is 14.7. The first-order valence-electron chi connectivity index (χ1n) is 8.62. The molecule has 148 valence electrons. The fraction of sp³-hybridized carbons (Fsp3) is 0.750. The second-order valence-electron chi connectivity index (χ2n) is 6.20. The fourth-order valence-corrected chi connectivity index (χ4v) is 5.45. The van der Waals surface area contributed by atoms with Gasteiger partial charge in [0, 0.05) is 23.8 Å². The first-order valence-corrected chi connectivity index (χ1v) is 11.0. The Balaban J connectivity index is 2.26. The molecule has 1 aliphatic heterocycles. The first-order chi connectivity index (χ1) is 12.3. The zero-order chi connectivity index (χ0) is 19.5. The van der Waals surface area contributed by atoms with Crippen LogP contribution in [0.1, 0.15) is 51.9 Å². The van der Waals surface area contributed by atoms with Crippen molar-refractivity contribution in [3.63, 3.8) is 0 Å². The van der Waals surface area contributed by atoms with Crippen LogP contribution in [-0.2, 0) is 19.2 Å². The van der Waals surface area contributed by atoms with Gasteiger partial charge in [-0.3, -0.25) is 14.4 Å². The molecule has 0 aromatic carbocycles. The van der Waals surface area contributed by atoms with Crippen molar-refractivity contribution in [3.8, 4) is 0 Å². The molecule has 0 aliphatic carbocycles. The Kier molecular flexibility index (Phi) is 10.5. The van der Waals surface area contributed by atoms with E-state index in [1.165, 1.54) is 19.1 Å². The van der Waals surface area contributed by atoms with Crippen LogP contribution in [0.25, 0.3) is 0 Å². The summed E-state index contributed by atoms with van der Waals surface area (Å²) in [5.41, 5.74) is 0. The highest BCUT2D eigenvalue weighted by Crippen LogP contribution is 2.39. The Bertz CT molecular complexity index is 511. The quantitative estimate of drug-likeness (QED) is 0.284. The van der Waals surface area contributed by atoms with E-state index in [-0.39, 0.29) is 18.7 Å². The molecule has 8 nitrogen and oxygen atoms in total. The number of amides is 2. The van der Waals surface area contributed by atoms with Crippen molar-refractivity contribution in [1.82, 2.24) is 10.6 Å². The molecular formula is C16H26N2O6S2. The summed E-state index contributed by atoms with van der Waals surface area (Å²) < 4.78 is 0. The number of rotatable bonds is 12. The molecule has 0 unspecified atom stereocenters. The second kappa shape index (κ2) is 12.1. The van der Waals surface area contributed by atoms with Crippen LogP contribution in [0.15, 0.2) is 0 Å². The molecule has 1 aliphatic rings. The van der Waals surface area contributed by atoms with E-state index in [1.54, 1.807) is 0 Å². The molecule has 10 heteroatoms. The summed E-state index contributed by atoms with van der Waals surface area (Å²) in [6.07, 6.45) is 3.75. The summed E-state index contributed by atoms with van der Waals surface area (Å²) in [6, 6.07) is -2.17. The molecule has 1 saturated heterocycles. The Hall–Kier alpha value is -1.42. The van der Waals surface area contributed by atoms with Crippen LogP contribution < -0.4 is 10.6 Å². The topological polar surface area (TPSA) is 133 Å². The number of carbonyl (C=O) groups excluding carboxylic acids is 2. The van der Waals surface area contributed by atoms with Gasteiger partial charge in [-0.25, -0.2) is 4.79 Å². The Morgan fingerprint density at radius 1 is 1.12 bits per heavy atom. The summed E-state index contributed by atoms with van der Waals surface area (Å²) >= 11 is 0. The SMILES string of the molecule is C[C@H](NC(=O)CCCC[C@@H]1CCSS1)C(=O)N[C@@H](CCC(=O)O)C(=O)O. The Morgan fingerprint density at radius 2 is 1.85 bits per heavy atom. The summed E-state index contributed by atoms with van der Waals surface area (Å²) in [6.45, 7) is 1.47. The molecule has 0 radical (unpaired) electrons. The van der Waals surface area contributed by atoms with Crippen LogP contribution in [0, 0.1) is 0 Å². The van der Waals surface area contributed by atoms with Crippen LogP contribution in [0.4, 0.5) is 0 Å². The highest BCUT2D eigenvalue weighted by molar-refractivity contribution is 8.77. The predicted octanol–water partition coefficient (Wildman–Crippen LogP) is 1.64. The molecule has 1 fully saturated rings. The maximum absolute atomic E-state index is 12.0. The number of hydrogen-bond acceptors (Lipinski definition) is 6. The van der Waals surface area contributed by atoms with Gasteiger partial charge < -0.3 is 20.8 Å². The molecule has 0 aromatic rings. The van der Waals surface area contributed by atoms with Crippen molar-refractivity contribution < 1.29 is 29.4 Å². The predicted molar refractivity (Wildman–Crippen MR) is 101 cm³/mol. The van der Waals surface area contributed by atoms with E-state index in [2.05, 4.69) is 10.6 Å². The molecule has 4 N–H and O–H groups in total. The van der Waals surface area contributed by atoms with Crippen molar-refractivity contribution in [2.75, 3.05) is 5.75 Å². The Labute approximate surface area is 160 Å². The van der Waals surface area contributed by atoms with Gasteiger partial charge in [0.25, 0.3) is 0 Å². The molecule has 1 heterocycles. The highest BCUT2D eigenvalue weighted by atomic mass is 33.1. The van der Waals surface area contributed by atoms with Crippen molar-refractivity contribution in [2.45, 2.75) is 69.2 Å². The molecule has 2 amide bonds. The summed E-state index contributed by atoms with van der Waals surface area (Å²) in [7, 11) is 3.80. The van der Waals surface area contributed by atoms with Gasteiger partial charge in [-0.2, -0.15) is 0 Å². The number of nitrogens with one attached hydrogen (secondary N) is 2. The van der Waals surface area contributed by atoms with Crippen molar-refractivity contribution >= 4 is 45.3 Å². The van der Waals surface area contributed by atoms with Crippen molar-refractivity contribution in [3.05, 3.63) is 0 Å².